The van der Waals surface area contributed by atoms with Gasteiger partial charge in [-0.2, -0.15) is 0 Å². The van der Waals surface area contributed by atoms with Crippen LogP contribution in [0.15, 0.2) is 286 Å². The van der Waals surface area contributed by atoms with Gasteiger partial charge in [0, 0.05) is 45.7 Å². The molecule has 0 radical (unpaired) electrons. The molecule has 11 aromatic carbocycles. The van der Waals surface area contributed by atoms with E-state index in [2.05, 4.69) is 255 Å². The van der Waals surface area contributed by atoms with Gasteiger partial charge in [-0.1, -0.05) is 212 Å². The first-order valence-electron chi connectivity index (χ1n) is 25.9. The minimum absolute atomic E-state index is 0.937. The number of hydrogen-bond donors (Lipinski definition) is 0. The van der Waals surface area contributed by atoms with Crippen LogP contribution in [0.5, 0.6) is 0 Å². The third-order valence-electron chi connectivity index (χ3n) is 15.0. The average Bonchev–Trinajstić information content (AvgIpc) is 3.51. The predicted octanol–water partition coefficient (Wildman–Crippen LogP) is 19.5. The van der Waals surface area contributed by atoms with E-state index in [9.17, 15) is 0 Å². The summed E-state index contributed by atoms with van der Waals surface area (Å²) in [5, 5.41) is 6.91. The van der Waals surface area contributed by atoms with Crippen molar-refractivity contribution in [3.05, 3.63) is 286 Å². The lowest BCUT2D eigenvalue weighted by molar-refractivity contribution is 1.33. The first-order chi connectivity index (χ1) is 37.6. The maximum atomic E-state index is 4.85. The zero-order valence-electron chi connectivity index (χ0n) is 41.5. The highest BCUT2D eigenvalue weighted by atomic mass is 14.7. The van der Waals surface area contributed by atoms with Crippen molar-refractivity contribution in [2.24, 2.45) is 0 Å². The normalized spacial score (nSPS) is 11.4. The minimum Gasteiger partial charge on any atom is -0.256 e. The van der Waals surface area contributed by atoms with Crippen LogP contribution in [-0.2, 0) is 0 Å². The maximum Gasteiger partial charge on any atom is 0.0780 e. The first-order valence-corrected chi connectivity index (χ1v) is 25.9. The lowest BCUT2D eigenvalue weighted by Crippen LogP contribution is -1.92. The molecule has 0 N–H and O–H groups in total. The molecule has 0 atom stereocenters. The van der Waals surface area contributed by atoms with Gasteiger partial charge in [0.1, 0.15) is 0 Å². The van der Waals surface area contributed by atoms with Gasteiger partial charge in [0.25, 0.3) is 0 Å². The number of fused-ring (bicyclic) bond motifs is 6. The molecule has 0 fully saturated rings. The molecule has 3 heterocycles. The summed E-state index contributed by atoms with van der Waals surface area (Å²) in [7, 11) is 0. The fraction of sp³-hybridized carbons (Fsp3) is 0. The zero-order chi connectivity index (χ0) is 50.4. The molecule has 0 bridgehead atoms. The van der Waals surface area contributed by atoms with Crippen molar-refractivity contribution < 1.29 is 0 Å². The molecule has 0 aliphatic rings. The largest absolute Gasteiger partial charge is 0.256 e. The molecule has 0 spiro atoms. The molecule has 354 valence electrons. The van der Waals surface area contributed by atoms with Crippen molar-refractivity contribution >= 4 is 43.4 Å². The van der Waals surface area contributed by atoms with Gasteiger partial charge in [-0.05, 0) is 154 Å². The number of rotatable bonds is 9. The van der Waals surface area contributed by atoms with Crippen LogP contribution in [0.25, 0.3) is 144 Å². The molecule has 14 rings (SSSR count). The molecule has 0 amide bonds. The Morgan fingerprint density at radius 1 is 0.184 bits per heavy atom. The molecule has 0 saturated heterocycles. The Kier molecular flexibility index (Phi) is 11.2. The number of benzene rings is 11. The van der Waals surface area contributed by atoms with E-state index in [1.807, 2.05) is 30.7 Å². The maximum absolute atomic E-state index is 4.85. The first kappa shape index (κ1) is 44.6. The number of nitrogens with zero attached hydrogens (tertiary/aromatic N) is 3. The summed E-state index contributed by atoms with van der Waals surface area (Å²) in [6.07, 6.45) is 5.67. The van der Waals surface area contributed by atoms with E-state index in [0.717, 1.165) is 111 Å². The summed E-state index contributed by atoms with van der Waals surface area (Å²) < 4.78 is 0. The molecule has 0 saturated carbocycles. The standard InChI is InChI=1S/C73H47N3/c1-2-12-48(13-3-1)49-22-24-50(25-23-49)55-38-41-74-71(47-55)52-28-26-51(27-29-52)63-16-4-7-19-66(63)60-44-61(67-20-8-5-17-64(67)56-34-36-69-58(42-56)32-30-53-14-10-39-75-72(53)69)46-62(45-60)68-21-9-6-18-65(68)57-35-37-70-59(43-57)33-31-54-15-11-40-76-73(54)70/h1-47H. The minimum atomic E-state index is 0.937. The van der Waals surface area contributed by atoms with Crippen LogP contribution in [0.4, 0.5) is 0 Å². The molecule has 0 aliphatic carbocycles. The van der Waals surface area contributed by atoms with Crippen LogP contribution in [0.3, 0.4) is 0 Å². The molecule has 3 nitrogen and oxygen atoms in total. The van der Waals surface area contributed by atoms with Gasteiger partial charge in [-0.3, -0.25) is 15.0 Å². The molecule has 3 heteroatoms. The highest BCUT2D eigenvalue weighted by Crippen LogP contribution is 2.44. The van der Waals surface area contributed by atoms with Crippen LogP contribution in [0.1, 0.15) is 0 Å². The van der Waals surface area contributed by atoms with Crippen LogP contribution in [0, 0.1) is 0 Å². The second-order valence-corrected chi connectivity index (χ2v) is 19.5. The molecule has 0 aliphatic heterocycles. The average molecular weight is 966 g/mol. The van der Waals surface area contributed by atoms with Crippen LogP contribution in [-0.4, -0.2) is 15.0 Å². The SMILES string of the molecule is c1ccc(-c2ccc(-c3ccnc(-c4ccc(-c5ccccc5-c5cc(-c6ccccc6-c6ccc7c(ccc8cccnc87)c6)cc(-c6ccccc6-c6ccc7c(ccc8cccnc87)c6)c5)cc4)c3)cc2)cc1. The van der Waals surface area contributed by atoms with E-state index in [-0.39, 0.29) is 0 Å². The third kappa shape index (κ3) is 8.27. The van der Waals surface area contributed by atoms with Gasteiger partial charge in [-0.25, -0.2) is 0 Å². The van der Waals surface area contributed by atoms with Crippen molar-refractivity contribution in [1.82, 2.24) is 15.0 Å². The predicted molar refractivity (Wildman–Crippen MR) is 319 cm³/mol. The molecule has 3 aromatic heterocycles. The van der Waals surface area contributed by atoms with Gasteiger partial charge in [0.05, 0.1) is 16.7 Å². The van der Waals surface area contributed by atoms with Crippen molar-refractivity contribution in [2.75, 3.05) is 0 Å². The lowest BCUT2D eigenvalue weighted by atomic mass is 9.86. The Morgan fingerprint density at radius 3 is 1.07 bits per heavy atom. The molecule has 14 aromatic rings. The van der Waals surface area contributed by atoms with E-state index in [4.69, 9.17) is 15.0 Å². The summed E-state index contributed by atoms with van der Waals surface area (Å²) >= 11 is 0. The quantitative estimate of drug-likeness (QED) is 0.135. The van der Waals surface area contributed by atoms with Gasteiger partial charge >= 0.3 is 0 Å². The van der Waals surface area contributed by atoms with Crippen molar-refractivity contribution in [1.29, 1.82) is 0 Å². The molecular formula is C73H47N3. The van der Waals surface area contributed by atoms with Crippen LogP contribution in [0.2, 0.25) is 0 Å². The van der Waals surface area contributed by atoms with Crippen LogP contribution >= 0.6 is 0 Å². The highest BCUT2D eigenvalue weighted by molar-refractivity contribution is 6.08. The van der Waals surface area contributed by atoms with E-state index in [1.54, 1.807) is 0 Å². The van der Waals surface area contributed by atoms with Gasteiger partial charge < -0.3 is 0 Å². The van der Waals surface area contributed by atoms with Crippen molar-refractivity contribution in [2.45, 2.75) is 0 Å². The number of pyridine rings is 3. The monoisotopic (exact) mass is 965 g/mol. The summed E-state index contributed by atoms with van der Waals surface area (Å²) in [6, 6.07) is 96.8. The third-order valence-corrected chi connectivity index (χ3v) is 15.0. The Labute approximate surface area is 441 Å². The van der Waals surface area contributed by atoms with Gasteiger partial charge in [0.15, 0.2) is 0 Å². The Morgan fingerprint density at radius 2 is 0.566 bits per heavy atom. The lowest BCUT2D eigenvalue weighted by Gasteiger charge is -2.18. The summed E-state index contributed by atoms with van der Waals surface area (Å²) in [4.78, 5) is 14.4. The van der Waals surface area contributed by atoms with E-state index in [1.165, 1.54) is 33.0 Å². The summed E-state index contributed by atoms with van der Waals surface area (Å²) in [5.74, 6) is 0. The zero-order valence-corrected chi connectivity index (χ0v) is 41.5. The Balaban J connectivity index is 0.878. The summed E-state index contributed by atoms with van der Waals surface area (Å²) in [5.41, 5.74) is 22.6. The highest BCUT2D eigenvalue weighted by Gasteiger charge is 2.18. The second-order valence-electron chi connectivity index (χ2n) is 19.5. The Bertz CT molecular complexity index is 4320. The van der Waals surface area contributed by atoms with Crippen molar-refractivity contribution in [3.63, 3.8) is 0 Å². The van der Waals surface area contributed by atoms with Gasteiger partial charge in [-0.15, -0.1) is 0 Å². The van der Waals surface area contributed by atoms with Crippen LogP contribution < -0.4 is 0 Å². The summed E-state index contributed by atoms with van der Waals surface area (Å²) in [6.45, 7) is 0. The fourth-order valence-electron chi connectivity index (χ4n) is 11.2. The Hall–Kier alpha value is -10.1. The van der Waals surface area contributed by atoms with E-state index >= 15 is 0 Å². The smallest absolute Gasteiger partial charge is 0.0780 e. The molecular weight excluding hydrogens is 919 g/mol. The fourth-order valence-corrected chi connectivity index (χ4v) is 11.2. The van der Waals surface area contributed by atoms with E-state index < -0.39 is 0 Å². The second kappa shape index (κ2) is 19.1. The number of aromatic nitrogens is 3. The topological polar surface area (TPSA) is 38.7 Å². The van der Waals surface area contributed by atoms with E-state index in [0.29, 0.717) is 0 Å². The van der Waals surface area contributed by atoms with Crippen molar-refractivity contribution in [3.8, 4) is 100 Å². The van der Waals surface area contributed by atoms with Gasteiger partial charge in [0.2, 0.25) is 0 Å². The number of hydrogen-bond acceptors (Lipinski definition) is 3. The molecule has 0 unspecified atom stereocenters. The molecule has 76 heavy (non-hydrogen) atoms.